The highest BCUT2D eigenvalue weighted by Crippen LogP contribution is 2.37. The molecule has 24 heavy (non-hydrogen) atoms. The molecule has 1 aliphatic rings. The molecule has 0 saturated carbocycles. The summed E-state index contributed by atoms with van der Waals surface area (Å²) in [6, 6.07) is 3.75. The molecule has 2 rings (SSSR count). The van der Waals surface area contributed by atoms with Gasteiger partial charge < -0.3 is 4.74 Å². The van der Waals surface area contributed by atoms with Crippen LogP contribution >= 0.6 is 0 Å². The Morgan fingerprint density at radius 1 is 1.38 bits per heavy atom. The van der Waals surface area contributed by atoms with Gasteiger partial charge in [0.2, 0.25) is 5.91 Å². The summed E-state index contributed by atoms with van der Waals surface area (Å²) in [5, 5.41) is 7.87. The molecule has 0 unspecified atom stereocenters. The van der Waals surface area contributed by atoms with Crippen molar-refractivity contribution in [3.05, 3.63) is 29.6 Å². The van der Waals surface area contributed by atoms with Crippen LogP contribution in [0.5, 0.6) is 0 Å². The van der Waals surface area contributed by atoms with Crippen molar-refractivity contribution in [1.82, 2.24) is 5.43 Å². The summed E-state index contributed by atoms with van der Waals surface area (Å²) in [6.45, 7) is 0. The molecular weight excluding hydrogens is 315 g/mol. The Hall–Kier alpha value is -2.95. The quantitative estimate of drug-likeness (QED) is 0.434. The van der Waals surface area contributed by atoms with Crippen LogP contribution in [0.15, 0.2) is 28.4 Å². The molecule has 1 aromatic rings. The highest BCUT2D eigenvalue weighted by molar-refractivity contribution is 5.89. The summed E-state index contributed by atoms with van der Waals surface area (Å²) < 4.78 is 18.4. The largest absolute Gasteiger partial charge is 0.465 e. The van der Waals surface area contributed by atoms with E-state index in [4.69, 9.17) is 6.42 Å². The van der Waals surface area contributed by atoms with E-state index >= 15 is 0 Å². The number of carbonyl (C=O) groups is 2. The van der Waals surface area contributed by atoms with Gasteiger partial charge in [-0.05, 0) is 18.2 Å². The SMILES string of the molecule is C#CCCC1(CCC(=O)NNc2ccc(C(=O)OC)cc2F)N=N1. The summed E-state index contributed by atoms with van der Waals surface area (Å²) >= 11 is 0. The number of ether oxygens (including phenoxy) is 1. The Labute approximate surface area is 138 Å². The first-order chi connectivity index (χ1) is 11.5. The number of esters is 1. The molecule has 7 nitrogen and oxygen atoms in total. The van der Waals surface area contributed by atoms with E-state index in [1.165, 1.54) is 19.2 Å². The molecule has 1 amide bonds. The van der Waals surface area contributed by atoms with Crippen molar-refractivity contribution in [2.45, 2.75) is 31.3 Å². The minimum Gasteiger partial charge on any atom is -0.465 e. The van der Waals surface area contributed by atoms with Gasteiger partial charge in [0.05, 0.1) is 18.4 Å². The summed E-state index contributed by atoms with van der Waals surface area (Å²) in [6.07, 6.45) is 6.99. The maximum atomic E-state index is 13.9. The maximum absolute atomic E-state index is 13.9. The van der Waals surface area contributed by atoms with Crippen LogP contribution in [0.1, 0.15) is 36.0 Å². The summed E-state index contributed by atoms with van der Waals surface area (Å²) in [7, 11) is 1.21. The first-order valence-electron chi connectivity index (χ1n) is 7.30. The molecule has 0 fully saturated rings. The Morgan fingerprint density at radius 2 is 2.12 bits per heavy atom. The number of rotatable bonds is 8. The fourth-order valence-electron chi connectivity index (χ4n) is 2.04. The van der Waals surface area contributed by atoms with Crippen molar-refractivity contribution in [2.75, 3.05) is 12.5 Å². The molecule has 0 aromatic heterocycles. The first-order valence-corrected chi connectivity index (χ1v) is 7.30. The molecule has 0 saturated heterocycles. The third kappa shape index (κ3) is 4.52. The smallest absolute Gasteiger partial charge is 0.337 e. The average molecular weight is 332 g/mol. The van der Waals surface area contributed by atoms with E-state index in [9.17, 15) is 14.0 Å². The van der Waals surface area contributed by atoms with Crippen LogP contribution in [0.2, 0.25) is 0 Å². The molecule has 0 atom stereocenters. The molecule has 126 valence electrons. The van der Waals surface area contributed by atoms with Gasteiger partial charge in [-0.15, -0.1) is 12.3 Å². The zero-order chi connectivity index (χ0) is 17.6. The maximum Gasteiger partial charge on any atom is 0.337 e. The standard InChI is InChI=1S/C16H17FN4O3/c1-3-4-8-16(20-21-16)9-7-14(22)19-18-13-6-5-11(10-12(13)17)15(23)24-2/h1,5-6,10,18H,4,7-9H2,2H3,(H,19,22). The van der Waals surface area contributed by atoms with Crippen LogP contribution < -0.4 is 10.9 Å². The zero-order valence-corrected chi connectivity index (χ0v) is 13.1. The fraction of sp³-hybridized carbons (Fsp3) is 0.375. The van der Waals surface area contributed by atoms with E-state index in [-0.39, 0.29) is 23.6 Å². The summed E-state index contributed by atoms with van der Waals surface area (Å²) in [5.41, 5.74) is 4.46. The van der Waals surface area contributed by atoms with Gasteiger partial charge in [0.15, 0.2) is 5.66 Å². The fourth-order valence-corrected chi connectivity index (χ4v) is 2.04. The third-order valence-electron chi connectivity index (χ3n) is 3.53. The Balaban J connectivity index is 1.80. The van der Waals surface area contributed by atoms with E-state index in [1.54, 1.807) is 0 Å². The van der Waals surface area contributed by atoms with Gasteiger partial charge in [-0.25, -0.2) is 9.18 Å². The lowest BCUT2D eigenvalue weighted by atomic mass is 10.0. The molecule has 1 aliphatic heterocycles. The van der Waals surface area contributed by atoms with Crippen LogP contribution in [-0.2, 0) is 9.53 Å². The topological polar surface area (TPSA) is 92.2 Å². The highest BCUT2D eigenvalue weighted by Gasteiger charge is 2.39. The Bertz CT molecular complexity index is 706. The number of nitrogens with one attached hydrogen (secondary N) is 2. The van der Waals surface area contributed by atoms with Gasteiger partial charge >= 0.3 is 5.97 Å². The average Bonchev–Trinajstić information content (AvgIpc) is 3.36. The second kappa shape index (κ2) is 7.55. The highest BCUT2D eigenvalue weighted by atomic mass is 19.1. The number of anilines is 1. The number of amides is 1. The van der Waals surface area contributed by atoms with Crippen molar-refractivity contribution in [2.24, 2.45) is 10.2 Å². The number of nitrogens with zero attached hydrogens (tertiary/aromatic N) is 2. The lowest BCUT2D eigenvalue weighted by Gasteiger charge is -2.11. The number of hydrogen-bond donors (Lipinski definition) is 2. The van der Waals surface area contributed by atoms with Crippen molar-refractivity contribution in [3.8, 4) is 12.3 Å². The molecular formula is C16H17FN4O3. The lowest BCUT2D eigenvalue weighted by molar-refractivity contribution is -0.120. The van der Waals surface area contributed by atoms with Crippen LogP contribution in [0.3, 0.4) is 0 Å². The van der Waals surface area contributed by atoms with Crippen molar-refractivity contribution < 1.29 is 18.7 Å². The van der Waals surface area contributed by atoms with E-state index in [1.807, 2.05) is 0 Å². The molecule has 2 N–H and O–H groups in total. The van der Waals surface area contributed by atoms with Gasteiger partial charge in [0, 0.05) is 25.7 Å². The van der Waals surface area contributed by atoms with Crippen molar-refractivity contribution >= 4 is 17.6 Å². The minimum atomic E-state index is -0.684. The van der Waals surface area contributed by atoms with Crippen molar-refractivity contribution in [1.29, 1.82) is 0 Å². The Kier molecular flexibility index (Phi) is 5.47. The van der Waals surface area contributed by atoms with Crippen LogP contribution in [0.25, 0.3) is 0 Å². The summed E-state index contributed by atoms with van der Waals surface area (Å²) in [4.78, 5) is 23.1. The van der Waals surface area contributed by atoms with E-state index in [2.05, 4.69) is 31.7 Å². The number of halogens is 1. The van der Waals surface area contributed by atoms with Crippen LogP contribution in [-0.4, -0.2) is 24.6 Å². The minimum absolute atomic E-state index is 0.0406. The van der Waals surface area contributed by atoms with Gasteiger partial charge in [0.1, 0.15) is 5.82 Å². The second-order valence-electron chi connectivity index (χ2n) is 5.25. The molecule has 1 aromatic carbocycles. The first kappa shape index (κ1) is 17.4. The molecule has 1 heterocycles. The van der Waals surface area contributed by atoms with E-state index in [0.29, 0.717) is 19.3 Å². The van der Waals surface area contributed by atoms with E-state index < -0.39 is 17.4 Å². The molecule has 0 radical (unpaired) electrons. The number of benzene rings is 1. The predicted molar refractivity (Wildman–Crippen MR) is 84.4 cm³/mol. The van der Waals surface area contributed by atoms with E-state index in [0.717, 1.165) is 6.07 Å². The van der Waals surface area contributed by atoms with Gasteiger partial charge in [-0.3, -0.25) is 15.6 Å². The second-order valence-corrected chi connectivity index (χ2v) is 5.25. The molecule has 8 heteroatoms. The van der Waals surface area contributed by atoms with Crippen LogP contribution in [0, 0.1) is 18.2 Å². The van der Waals surface area contributed by atoms with Crippen LogP contribution in [0.4, 0.5) is 10.1 Å². The van der Waals surface area contributed by atoms with Gasteiger partial charge in [0.25, 0.3) is 0 Å². The normalized spacial score (nSPS) is 13.7. The van der Waals surface area contributed by atoms with Crippen molar-refractivity contribution in [3.63, 3.8) is 0 Å². The summed E-state index contributed by atoms with van der Waals surface area (Å²) in [5.74, 6) is 0.859. The lowest BCUT2D eigenvalue weighted by Crippen LogP contribution is -2.30. The number of hydrazine groups is 1. The van der Waals surface area contributed by atoms with Gasteiger partial charge in [-0.2, -0.15) is 10.2 Å². The zero-order valence-electron chi connectivity index (χ0n) is 13.1. The third-order valence-corrected chi connectivity index (χ3v) is 3.53. The van der Waals surface area contributed by atoms with Gasteiger partial charge in [-0.1, -0.05) is 0 Å². The number of methoxy groups -OCH3 is 1. The molecule has 0 aliphatic carbocycles. The molecule has 0 spiro atoms. The monoisotopic (exact) mass is 332 g/mol. The number of terminal acetylenes is 1. The molecule has 0 bridgehead atoms. The predicted octanol–water partition coefficient (Wildman–Crippen LogP) is 2.41. The number of carbonyl (C=O) groups excluding carboxylic acids is 2. The number of hydrogen-bond acceptors (Lipinski definition) is 6. The Morgan fingerprint density at radius 3 is 2.71 bits per heavy atom.